The number of carbonyl (C=O) groups is 2. The topological polar surface area (TPSA) is 61.4 Å². The zero-order chi connectivity index (χ0) is 16.8. The first-order valence-corrected chi connectivity index (χ1v) is 8.07. The number of urea groups is 1. The third-order valence-electron chi connectivity index (χ3n) is 4.20. The molecule has 3 amide bonds. The molecule has 6 heteroatoms. The standard InChI is InChI=1S/C17H24FN3O2/c1-12-7-5-6-10-21(12)16(22)13(2)20-17(23)19-11-14-8-3-4-9-15(14)18/h3-4,8-9,12-13H,5-7,10-11H2,1-2H3,(H2,19,20,23)/t12-,13+/m1/s1. The van der Waals surface area contributed by atoms with Crippen LogP contribution in [0.25, 0.3) is 0 Å². The van der Waals surface area contributed by atoms with Crippen molar-refractivity contribution in [3.63, 3.8) is 0 Å². The van der Waals surface area contributed by atoms with Crippen LogP contribution in [0.5, 0.6) is 0 Å². The fourth-order valence-corrected chi connectivity index (χ4v) is 2.80. The number of hydrogen-bond acceptors (Lipinski definition) is 2. The summed E-state index contributed by atoms with van der Waals surface area (Å²) >= 11 is 0. The SMILES string of the molecule is C[C@H](NC(=O)NCc1ccccc1F)C(=O)N1CCCC[C@H]1C. The molecule has 1 aromatic carbocycles. The molecule has 0 spiro atoms. The number of benzene rings is 1. The summed E-state index contributed by atoms with van der Waals surface area (Å²) in [7, 11) is 0. The van der Waals surface area contributed by atoms with E-state index in [0.29, 0.717) is 5.56 Å². The molecule has 126 valence electrons. The van der Waals surface area contributed by atoms with Gasteiger partial charge in [0, 0.05) is 24.7 Å². The Kier molecular flexibility index (Phi) is 5.96. The van der Waals surface area contributed by atoms with Gasteiger partial charge in [-0.1, -0.05) is 18.2 Å². The molecule has 0 bridgehead atoms. The molecule has 2 atom stereocenters. The molecule has 1 heterocycles. The predicted molar refractivity (Wildman–Crippen MR) is 86.3 cm³/mol. The maximum absolute atomic E-state index is 13.5. The van der Waals surface area contributed by atoms with E-state index in [0.717, 1.165) is 25.8 Å². The number of nitrogens with zero attached hydrogens (tertiary/aromatic N) is 1. The highest BCUT2D eigenvalue weighted by Gasteiger charge is 2.27. The number of halogens is 1. The van der Waals surface area contributed by atoms with Crippen molar-refractivity contribution >= 4 is 11.9 Å². The van der Waals surface area contributed by atoms with Gasteiger partial charge in [-0.15, -0.1) is 0 Å². The molecule has 0 aromatic heterocycles. The van der Waals surface area contributed by atoms with Gasteiger partial charge in [-0.05, 0) is 39.2 Å². The maximum Gasteiger partial charge on any atom is 0.315 e. The summed E-state index contributed by atoms with van der Waals surface area (Å²) in [6, 6.07) is 5.40. The Labute approximate surface area is 136 Å². The van der Waals surface area contributed by atoms with Crippen molar-refractivity contribution < 1.29 is 14.0 Å². The monoisotopic (exact) mass is 321 g/mol. The van der Waals surface area contributed by atoms with Crippen molar-refractivity contribution in [3.05, 3.63) is 35.6 Å². The molecule has 0 aliphatic carbocycles. The van der Waals surface area contributed by atoms with E-state index in [1.54, 1.807) is 25.1 Å². The highest BCUT2D eigenvalue weighted by Crippen LogP contribution is 2.17. The predicted octanol–water partition coefficient (Wildman–Crippen LogP) is 2.41. The van der Waals surface area contributed by atoms with Crippen LogP contribution in [0.15, 0.2) is 24.3 Å². The molecule has 1 saturated heterocycles. The smallest absolute Gasteiger partial charge is 0.315 e. The molecule has 2 rings (SSSR count). The van der Waals surface area contributed by atoms with Crippen LogP contribution in [0.4, 0.5) is 9.18 Å². The second-order valence-corrected chi connectivity index (χ2v) is 6.02. The Balaban J connectivity index is 1.82. The molecule has 0 unspecified atom stereocenters. The zero-order valence-electron chi connectivity index (χ0n) is 13.6. The van der Waals surface area contributed by atoms with Crippen molar-refractivity contribution in [2.24, 2.45) is 0 Å². The lowest BCUT2D eigenvalue weighted by Gasteiger charge is -2.35. The van der Waals surface area contributed by atoms with Gasteiger partial charge in [-0.2, -0.15) is 0 Å². The molecule has 5 nitrogen and oxygen atoms in total. The highest BCUT2D eigenvalue weighted by atomic mass is 19.1. The highest BCUT2D eigenvalue weighted by molar-refractivity contribution is 5.87. The lowest BCUT2D eigenvalue weighted by Crippen LogP contribution is -2.53. The number of nitrogens with one attached hydrogen (secondary N) is 2. The minimum atomic E-state index is -0.601. The third kappa shape index (κ3) is 4.68. The van der Waals surface area contributed by atoms with Crippen LogP contribution in [-0.4, -0.2) is 35.5 Å². The van der Waals surface area contributed by atoms with Crippen LogP contribution in [0, 0.1) is 5.82 Å². The van der Waals surface area contributed by atoms with Gasteiger partial charge in [-0.3, -0.25) is 4.79 Å². The van der Waals surface area contributed by atoms with E-state index in [1.807, 2.05) is 11.8 Å². The molecule has 1 aliphatic heterocycles. The van der Waals surface area contributed by atoms with Crippen molar-refractivity contribution in [1.29, 1.82) is 0 Å². The third-order valence-corrected chi connectivity index (χ3v) is 4.20. The van der Waals surface area contributed by atoms with Crippen molar-refractivity contribution in [1.82, 2.24) is 15.5 Å². The molecule has 1 fully saturated rings. The quantitative estimate of drug-likeness (QED) is 0.894. The second-order valence-electron chi connectivity index (χ2n) is 6.02. The largest absolute Gasteiger partial charge is 0.338 e. The van der Waals surface area contributed by atoms with Gasteiger partial charge in [0.05, 0.1) is 0 Å². The Hall–Kier alpha value is -2.11. The average Bonchev–Trinajstić information content (AvgIpc) is 2.54. The normalized spacial score (nSPS) is 19.1. The Morgan fingerprint density at radius 3 is 2.78 bits per heavy atom. The van der Waals surface area contributed by atoms with Gasteiger partial charge >= 0.3 is 6.03 Å². The number of likely N-dealkylation sites (tertiary alicyclic amines) is 1. The minimum Gasteiger partial charge on any atom is -0.338 e. The first-order chi connectivity index (χ1) is 11.0. The van der Waals surface area contributed by atoms with Gasteiger partial charge in [0.15, 0.2) is 0 Å². The van der Waals surface area contributed by atoms with E-state index < -0.39 is 12.1 Å². The van der Waals surface area contributed by atoms with Gasteiger partial charge in [0.1, 0.15) is 11.9 Å². The molecular formula is C17H24FN3O2. The van der Waals surface area contributed by atoms with Crippen LogP contribution in [-0.2, 0) is 11.3 Å². The average molecular weight is 321 g/mol. The van der Waals surface area contributed by atoms with Gasteiger partial charge in [0.2, 0.25) is 5.91 Å². The summed E-state index contributed by atoms with van der Waals surface area (Å²) in [6.07, 6.45) is 3.14. The van der Waals surface area contributed by atoms with E-state index in [1.165, 1.54) is 6.07 Å². The summed E-state index contributed by atoms with van der Waals surface area (Å²) in [6.45, 7) is 4.52. The molecule has 1 aliphatic rings. The Morgan fingerprint density at radius 1 is 1.35 bits per heavy atom. The lowest BCUT2D eigenvalue weighted by molar-refractivity contribution is -0.136. The molecular weight excluding hydrogens is 297 g/mol. The summed E-state index contributed by atoms with van der Waals surface area (Å²) < 4.78 is 13.5. The van der Waals surface area contributed by atoms with E-state index in [4.69, 9.17) is 0 Å². The van der Waals surface area contributed by atoms with Crippen LogP contribution in [0.3, 0.4) is 0 Å². The number of carbonyl (C=O) groups excluding carboxylic acids is 2. The van der Waals surface area contributed by atoms with Crippen LogP contribution in [0.2, 0.25) is 0 Å². The van der Waals surface area contributed by atoms with Crippen LogP contribution >= 0.6 is 0 Å². The number of hydrogen-bond donors (Lipinski definition) is 2. The second kappa shape index (κ2) is 7.94. The first-order valence-electron chi connectivity index (χ1n) is 8.07. The molecule has 1 aromatic rings. The van der Waals surface area contributed by atoms with Crippen molar-refractivity contribution in [2.75, 3.05) is 6.54 Å². The zero-order valence-corrected chi connectivity index (χ0v) is 13.6. The van der Waals surface area contributed by atoms with Crippen LogP contribution in [0.1, 0.15) is 38.7 Å². The van der Waals surface area contributed by atoms with E-state index >= 15 is 0 Å². The van der Waals surface area contributed by atoms with E-state index in [9.17, 15) is 14.0 Å². The van der Waals surface area contributed by atoms with Crippen molar-refractivity contribution in [2.45, 2.75) is 51.7 Å². The van der Waals surface area contributed by atoms with E-state index in [2.05, 4.69) is 10.6 Å². The summed E-state index contributed by atoms with van der Waals surface area (Å²) in [5.41, 5.74) is 0.409. The fraction of sp³-hybridized carbons (Fsp3) is 0.529. The molecule has 0 radical (unpaired) electrons. The molecule has 23 heavy (non-hydrogen) atoms. The summed E-state index contributed by atoms with van der Waals surface area (Å²) in [5, 5.41) is 5.20. The maximum atomic E-state index is 13.5. The molecule has 0 saturated carbocycles. The number of piperidine rings is 1. The Bertz CT molecular complexity index is 565. The van der Waals surface area contributed by atoms with Crippen molar-refractivity contribution in [3.8, 4) is 0 Å². The van der Waals surface area contributed by atoms with Gasteiger partial charge in [-0.25, -0.2) is 9.18 Å². The molecule has 2 N–H and O–H groups in total. The number of rotatable bonds is 4. The lowest BCUT2D eigenvalue weighted by atomic mass is 10.0. The first kappa shape index (κ1) is 17.2. The van der Waals surface area contributed by atoms with Gasteiger partial charge in [0.25, 0.3) is 0 Å². The van der Waals surface area contributed by atoms with E-state index in [-0.39, 0.29) is 24.3 Å². The number of amides is 3. The summed E-state index contributed by atoms with van der Waals surface area (Å²) in [4.78, 5) is 26.1. The van der Waals surface area contributed by atoms with Crippen LogP contribution < -0.4 is 10.6 Å². The Morgan fingerprint density at radius 2 is 2.09 bits per heavy atom. The minimum absolute atomic E-state index is 0.0711. The van der Waals surface area contributed by atoms with Gasteiger partial charge < -0.3 is 15.5 Å². The fourth-order valence-electron chi connectivity index (χ4n) is 2.80. The summed E-state index contributed by atoms with van der Waals surface area (Å²) in [5.74, 6) is -0.433.